The predicted molar refractivity (Wildman–Crippen MR) is 185 cm³/mol. The fraction of sp³-hybridized carbons (Fsp3) is 0.500. The van der Waals surface area contributed by atoms with Crippen LogP contribution in [0, 0.1) is 20.8 Å². The maximum atomic E-state index is 14.2. The molecule has 0 spiro atoms. The number of carbonyl (C=O) groups is 2. The summed E-state index contributed by atoms with van der Waals surface area (Å²) in [5.74, 6) is 0.489. The molecule has 1 aliphatic heterocycles. The van der Waals surface area contributed by atoms with Gasteiger partial charge in [-0.15, -0.1) is 0 Å². The van der Waals surface area contributed by atoms with Crippen LogP contribution in [0.4, 0.5) is 0 Å². The number of methoxy groups -OCH3 is 2. The number of carbonyl (C=O) groups excluding carboxylic acids is 2. The van der Waals surface area contributed by atoms with E-state index in [-0.39, 0.29) is 17.3 Å². The molecule has 1 amide bonds. The number of likely N-dealkylation sites (tertiary alicyclic amines) is 1. The largest absolute Gasteiger partial charge is 0.493 e. The van der Waals surface area contributed by atoms with E-state index in [1.807, 2.05) is 26.0 Å². The zero-order valence-corrected chi connectivity index (χ0v) is 29.4. The highest BCUT2D eigenvalue weighted by Gasteiger charge is 2.38. The number of hydrogen-bond donors (Lipinski definition) is 0. The highest BCUT2D eigenvalue weighted by Crippen LogP contribution is 2.37. The average Bonchev–Trinajstić information content (AvgIpc) is 3.04. The second kappa shape index (κ2) is 15.2. The van der Waals surface area contributed by atoms with Crippen molar-refractivity contribution in [3.05, 3.63) is 93.5 Å². The summed E-state index contributed by atoms with van der Waals surface area (Å²) in [5.41, 5.74) is 7.66. The van der Waals surface area contributed by atoms with E-state index in [0.717, 1.165) is 36.0 Å². The molecule has 0 saturated carbocycles. The van der Waals surface area contributed by atoms with Crippen molar-refractivity contribution in [1.29, 1.82) is 0 Å². The van der Waals surface area contributed by atoms with E-state index in [1.54, 1.807) is 19.1 Å². The minimum Gasteiger partial charge on any atom is -0.493 e. The summed E-state index contributed by atoms with van der Waals surface area (Å²) in [6, 6.07) is 18.2. The summed E-state index contributed by atoms with van der Waals surface area (Å²) >= 11 is 0. The highest BCUT2D eigenvalue weighted by atomic mass is 16.5. The van der Waals surface area contributed by atoms with Crippen LogP contribution in [-0.2, 0) is 26.2 Å². The number of ether oxygens (including phenoxy) is 3. The first-order valence-electron chi connectivity index (χ1n) is 16.8. The van der Waals surface area contributed by atoms with Gasteiger partial charge in [0.05, 0.1) is 20.1 Å². The minimum atomic E-state index is -0.619. The number of amides is 1. The Kier molecular flexibility index (Phi) is 11.6. The smallest absolute Gasteiger partial charge is 0.329 e. The van der Waals surface area contributed by atoms with Gasteiger partial charge in [0, 0.05) is 6.54 Å². The molecule has 1 fully saturated rings. The molecular formula is C40H53NO5. The van der Waals surface area contributed by atoms with E-state index in [4.69, 9.17) is 14.2 Å². The third-order valence-corrected chi connectivity index (χ3v) is 9.50. The molecule has 6 heteroatoms. The molecule has 0 aliphatic carbocycles. The molecule has 4 rings (SSSR count). The van der Waals surface area contributed by atoms with Crippen LogP contribution in [0.15, 0.2) is 54.6 Å². The quantitative estimate of drug-likeness (QED) is 0.199. The van der Waals surface area contributed by atoms with Gasteiger partial charge in [-0.05, 0) is 110 Å². The standard InChI is InChI=1S/C40H53NO5/c1-10-33(31-23-28(4)37(45-9)36(25-31)44-8)38(42)41-21-12-11-16-34(41)39(43)46-35(20-19-29-18-17-26(2)27(3)22-29)30-14-13-15-32(24-30)40(5,6)7/h13-15,17-18,22-25,33-35H,10-12,16,19-21H2,1-9H3/t33-,34-,35?/m0/s1. The number of hydrogen-bond acceptors (Lipinski definition) is 5. The lowest BCUT2D eigenvalue weighted by Crippen LogP contribution is -2.50. The molecule has 1 unspecified atom stereocenters. The van der Waals surface area contributed by atoms with E-state index in [1.165, 1.54) is 22.3 Å². The Morgan fingerprint density at radius 1 is 0.891 bits per heavy atom. The van der Waals surface area contributed by atoms with Gasteiger partial charge in [0.15, 0.2) is 11.5 Å². The van der Waals surface area contributed by atoms with Gasteiger partial charge < -0.3 is 19.1 Å². The Morgan fingerprint density at radius 3 is 2.30 bits per heavy atom. The van der Waals surface area contributed by atoms with Gasteiger partial charge in [0.2, 0.25) is 5.91 Å². The van der Waals surface area contributed by atoms with Crippen molar-refractivity contribution >= 4 is 11.9 Å². The number of aryl methyl sites for hydroxylation is 4. The molecule has 6 nitrogen and oxygen atoms in total. The Morgan fingerprint density at radius 2 is 1.65 bits per heavy atom. The monoisotopic (exact) mass is 627 g/mol. The Hall–Kier alpha value is -3.80. The third-order valence-electron chi connectivity index (χ3n) is 9.50. The van der Waals surface area contributed by atoms with Crippen LogP contribution in [0.25, 0.3) is 0 Å². The maximum Gasteiger partial charge on any atom is 0.329 e. The van der Waals surface area contributed by atoms with Crippen LogP contribution in [0.3, 0.4) is 0 Å². The Bertz CT molecular complexity index is 1520. The lowest BCUT2D eigenvalue weighted by atomic mass is 9.85. The first-order chi connectivity index (χ1) is 21.9. The maximum absolute atomic E-state index is 14.2. The fourth-order valence-corrected chi connectivity index (χ4v) is 6.55. The van der Waals surface area contributed by atoms with Crippen LogP contribution < -0.4 is 9.47 Å². The molecule has 46 heavy (non-hydrogen) atoms. The normalized spacial score (nSPS) is 16.5. The fourth-order valence-electron chi connectivity index (χ4n) is 6.55. The average molecular weight is 628 g/mol. The molecule has 3 atom stereocenters. The predicted octanol–water partition coefficient (Wildman–Crippen LogP) is 8.72. The number of benzene rings is 3. The molecule has 248 valence electrons. The zero-order valence-electron chi connectivity index (χ0n) is 29.4. The lowest BCUT2D eigenvalue weighted by molar-refractivity contribution is -0.162. The van der Waals surface area contributed by atoms with Gasteiger partial charge in [-0.25, -0.2) is 4.79 Å². The highest BCUT2D eigenvalue weighted by molar-refractivity contribution is 5.89. The topological polar surface area (TPSA) is 65.1 Å². The molecule has 1 saturated heterocycles. The Balaban J connectivity index is 1.61. The van der Waals surface area contributed by atoms with Gasteiger partial charge in [0.1, 0.15) is 12.1 Å². The molecule has 3 aromatic rings. The van der Waals surface area contributed by atoms with Gasteiger partial charge in [-0.3, -0.25) is 4.79 Å². The second-order valence-electron chi connectivity index (χ2n) is 13.8. The van der Waals surface area contributed by atoms with Crippen molar-refractivity contribution in [1.82, 2.24) is 4.90 Å². The Labute approximate surface area is 276 Å². The minimum absolute atomic E-state index is 0.0388. The molecule has 1 aliphatic rings. The summed E-state index contributed by atoms with van der Waals surface area (Å²) < 4.78 is 17.6. The van der Waals surface area contributed by atoms with Crippen molar-refractivity contribution < 1.29 is 23.8 Å². The first kappa shape index (κ1) is 35.1. The van der Waals surface area contributed by atoms with Crippen LogP contribution in [0.2, 0.25) is 0 Å². The summed E-state index contributed by atoms with van der Waals surface area (Å²) in [6.07, 6.45) is 3.95. The number of esters is 1. The van der Waals surface area contributed by atoms with E-state index in [9.17, 15) is 9.59 Å². The molecule has 3 aromatic carbocycles. The summed E-state index contributed by atoms with van der Waals surface area (Å²) in [7, 11) is 3.22. The summed E-state index contributed by atoms with van der Waals surface area (Å²) in [6.45, 7) is 15.3. The van der Waals surface area contributed by atoms with Gasteiger partial charge >= 0.3 is 5.97 Å². The van der Waals surface area contributed by atoms with Crippen LogP contribution >= 0.6 is 0 Å². The van der Waals surface area contributed by atoms with Crippen LogP contribution in [0.1, 0.15) is 111 Å². The third kappa shape index (κ3) is 8.12. The molecular weight excluding hydrogens is 574 g/mol. The molecule has 0 aromatic heterocycles. The number of rotatable bonds is 11. The number of piperidine rings is 1. The lowest BCUT2D eigenvalue weighted by Gasteiger charge is -2.37. The first-order valence-corrected chi connectivity index (χ1v) is 16.8. The SMILES string of the molecule is CC[C@H](C(=O)N1CCCC[C@H]1C(=O)OC(CCc1ccc(C)c(C)c1)c1cccc(C(C)(C)C)c1)c1cc(C)c(OC)c(OC)c1. The summed E-state index contributed by atoms with van der Waals surface area (Å²) in [4.78, 5) is 30.1. The van der Waals surface area contributed by atoms with Crippen LogP contribution in [0.5, 0.6) is 11.5 Å². The molecule has 0 N–H and O–H groups in total. The van der Waals surface area contributed by atoms with Crippen molar-refractivity contribution in [2.75, 3.05) is 20.8 Å². The van der Waals surface area contributed by atoms with Crippen LogP contribution in [-0.4, -0.2) is 43.6 Å². The van der Waals surface area contributed by atoms with Crippen molar-refractivity contribution in [3.8, 4) is 11.5 Å². The van der Waals surface area contributed by atoms with Gasteiger partial charge in [-0.2, -0.15) is 0 Å². The second-order valence-corrected chi connectivity index (χ2v) is 13.8. The van der Waals surface area contributed by atoms with Gasteiger partial charge in [-0.1, -0.05) is 76.2 Å². The number of nitrogens with zero attached hydrogens (tertiary/aromatic N) is 1. The van der Waals surface area contributed by atoms with E-state index < -0.39 is 18.1 Å². The van der Waals surface area contributed by atoms with E-state index in [2.05, 4.69) is 77.1 Å². The summed E-state index contributed by atoms with van der Waals surface area (Å²) in [5, 5.41) is 0. The van der Waals surface area contributed by atoms with Gasteiger partial charge in [0.25, 0.3) is 0 Å². The zero-order chi connectivity index (χ0) is 33.6. The molecule has 0 bridgehead atoms. The van der Waals surface area contributed by atoms with E-state index >= 15 is 0 Å². The molecule has 0 radical (unpaired) electrons. The van der Waals surface area contributed by atoms with Crippen molar-refractivity contribution in [3.63, 3.8) is 0 Å². The van der Waals surface area contributed by atoms with Crippen molar-refractivity contribution in [2.45, 2.75) is 110 Å². The van der Waals surface area contributed by atoms with Crippen molar-refractivity contribution in [2.24, 2.45) is 0 Å². The van der Waals surface area contributed by atoms with E-state index in [0.29, 0.717) is 37.3 Å². The molecule has 1 heterocycles.